The number of carbonyl (C=O) groups excluding carboxylic acids is 1. The molecule has 98 valence electrons. The first-order chi connectivity index (χ1) is 9.09. The van der Waals surface area contributed by atoms with E-state index >= 15 is 0 Å². The monoisotopic (exact) mass is 293 g/mol. The van der Waals surface area contributed by atoms with Crippen LogP contribution >= 0.6 is 23.2 Å². The molecule has 0 aliphatic rings. The second-order valence-corrected chi connectivity index (χ2v) is 4.98. The Balaban J connectivity index is 2.12. The SMILES string of the molecule is Cc1ccc(Cl)c(NCC(=O)c2ccccc2)c1Cl. The van der Waals surface area contributed by atoms with E-state index in [1.54, 1.807) is 18.2 Å². The first kappa shape index (κ1) is 13.9. The van der Waals surface area contributed by atoms with Gasteiger partial charge in [-0.3, -0.25) is 4.79 Å². The molecule has 0 unspecified atom stereocenters. The molecule has 2 nitrogen and oxygen atoms in total. The maximum atomic E-state index is 12.0. The zero-order chi connectivity index (χ0) is 13.8. The van der Waals surface area contributed by atoms with Gasteiger partial charge in [0.15, 0.2) is 5.78 Å². The average Bonchev–Trinajstić information content (AvgIpc) is 2.44. The molecule has 0 amide bonds. The standard InChI is InChI=1S/C15H13Cl2NO/c1-10-7-8-12(16)15(14(10)17)18-9-13(19)11-5-3-2-4-6-11/h2-8,18H,9H2,1H3. The lowest BCUT2D eigenvalue weighted by Crippen LogP contribution is -2.14. The molecule has 0 radical (unpaired) electrons. The van der Waals surface area contributed by atoms with Crippen LogP contribution in [0.15, 0.2) is 42.5 Å². The molecule has 2 rings (SSSR count). The number of ketones is 1. The number of benzene rings is 2. The van der Waals surface area contributed by atoms with Gasteiger partial charge in [0, 0.05) is 5.56 Å². The van der Waals surface area contributed by atoms with Crippen molar-refractivity contribution in [3.8, 4) is 0 Å². The van der Waals surface area contributed by atoms with E-state index in [-0.39, 0.29) is 12.3 Å². The lowest BCUT2D eigenvalue weighted by Gasteiger charge is -2.11. The highest BCUT2D eigenvalue weighted by Crippen LogP contribution is 2.32. The lowest BCUT2D eigenvalue weighted by molar-refractivity contribution is 0.101. The molecule has 2 aromatic rings. The second kappa shape index (κ2) is 6.09. The van der Waals surface area contributed by atoms with Crippen LogP contribution in [0.3, 0.4) is 0 Å². The zero-order valence-corrected chi connectivity index (χ0v) is 11.9. The molecule has 0 fully saturated rings. The number of aryl methyl sites for hydroxylation is 1. The summed E-state index contributed by atoms with van der Waals surface area (Å²) in [6, 6.07) is 12.7. The molecule has 0 saturated heterocycles. The van der Waals surface area contributed by atoms with Gasteiger partial charge in [0.25, 0.3) is 0 Å². The topological polar surface area (TPSA) is 29.1 Å². The molecule has 0 saturated carbocycles. The van der Waals surface area contributed by atoms with Crippen molar-refractivity contribution >= 4 is 34.7 Å². The Morgan fingerprint density at radius 1 is 1.11 bits per heavy atom. The molecule has 0 aliphatic heterocycles. The van der Waals surface area contributed by atoms with E-state index in [2.05, 4.69) is 5.32 Å². The minimum atomic E-state index is -0.00533. The van der Waals surface area contributed by atoms with E-state index in [4.69, 9.17) is 23.2 Å². The second-order valence-electron chi connectivity index (χ2n) is 4.20. The van der Waals surface area contributed by atoms with Crippen molar-refractivity contribution in [3.05, 3.63) is 63.6 Å². The average molecular weight is 294 g/mol. The van der Waals surface area contributed by atoms with Crippen molar-refractivity contribution in [2.75, 3.05) is 11.9 Å². The fourth-order valence-corrected chi connectivity index (χ4v) is 2.22. The quantitative estimate of drug-likeness (QED) is 0.835. The number of rotatable bonds is 4. The van der Waals surface area contributed by atoms with Crippen LogP contribution in [0.1, 0.15) is 15.9 Å². The summed E-state index contributed by atoms with van der Waals surface area (Å²) in [5.41, 5.74) is 2.18. The molecule has 2 aromatic carbocycles. The van der Waals surface area contributed by atoms with Crippen LogP contribution in [0.4, 0.5) is 5.69 Å². The molecule has 0 aliphatic carbocycles. The van der Waals surface area contributed by atoms with E-state index in [1.807, 2.05) is 31.2 Å². The van der Waals surface area contributed by atoms with Crippen LogP contribution < -0.4 is 5.32 Å². The van der Waals surface area contributed by atoms with Gasteiger partial charge in [0.2, 0.25) is 0 Å². The molecule has 0 bridgehead atoms. The third-order valence-corrected chi connectivity index (χ3v) is 3.61. The fourth-order valence-electron chi connectivity index (χ4n) is 1.71. The number of anilines is 1. The summed E-state index contributed by atoms with van der Waals surface area (Å²) >= 11 is 12.2. The summed E-state index contributed by atoms with van der Waals surface area (Å²) < 4.78 is 0. The number of carbonyl (C=O) groups is 1. The Morgan fingerprint density at radius 3 is 2.47 bits per heavy atom. The Kier molecular flexibility index (Phi) is 4.46. The number of halogens is 2. The van der Waals surface area contributed by atoms with Crippen molar-refractivity contribution in [2.45, 2.75) is 6.92 Å². The summed E-state index contributed by atoms with van der Waals surface area (Å²) in [4.78, 5) is 12.0. The van der Waals surface area contributed by atoms with Gasteiger partial charge in [0.05, 0.1) is 22.3 Å². The van der Waals surface area contributed by atoms with E-state index < -0.39 is 0 Å². The van der Waals surface area contributed by atoms with E-state index in [9.17, 15) is 4.79 Å². The fraction of sp³-hybridized carbons (Fsp3) is 0.133. The molecule has 4 heteroatoms. The van der Waals surface area contributed by atoms with Crippen molar-refractivity contribution in [1.82, 2.24) is 0 Å². The van der Waals surface area contributed by atoms with E-state index in [0.29, 0.717) is 21.3 Å². The minimum absolute atomic E-state index is 0.00533. The van der Waals surface area contributed by atoms with Crippen LogP contribution in [0.2, 0.25) is 10.0 Å². The zero-order valence-electron chi connectivity index (χ0n) is 10.4. The Morgan fingerprint density at radius 2 is 1.79 bits per heavy atom. The van der Waals surface area contributed by atoms with E-state index in [1.165, 1.54) is 0 Å². The predicted octanol–water partition coefficient (Wildman–Crippen LogP) is 4.60. The van der Waals surface area contributed by atoms with Gasteiger partial charge in [0.1, 0.15) is 0 Å². The van der Waals surface area contributed by atoms with Crippen molar-refractivity contribution < 1.29 is 4.79 Å². The molecule has 0 atom stereocenters. The smallest absolute Gasteiger partial charge is 0.181 e. The largest absolute Gasteiger partial charge is 0.375 e. The van der Waals surface area contributed by atoms with Crippen molar-refractivity contribution in [1.29, 1.82) is 0 Å². The van der Waals surface area contributed by atoms with Gasteiger partial charge in [-0.1, -0.05) is 59.6 Å². The maximum absolute atomic E-state index is 12.0. The first-order valence-corrected chi connectivity index (χ1v) is 6.62. The number of hydrogen-bond acceptors (Lipinski definition) is 2. The molecule has 0 aromatic heterocycles. The maximum Gasteiger partial charge on any atom is 0.181 e. The molecular formula is C15H13Cl2NO. The molecule has 0 spiro atoms. The molecule has 1 N–H and O–H groups in total. The molecule has 0 heterocycles. The van der Waals surface area contributed by atoms with Crippen molar-refractivity contribution in [2.24, 2.45) is 0 Å². The summed E-state index contributed by atoms with van der Waals surface area (Å²) in [7, 11) is 0. The van der Waals surface area contributed by atoms with Gasteiger partial charge < -0.3 is 5.32 Å². The van der Waals surface area contributed by atoms with E-state index in [0.717, 1.165) is 5.56 Å². The van der Waals surface area contributed by atoms with Crippen LogP contribution in [0.5, 0.6) is 0 Å². The van der Waals surface area contributed by atoms with Gasteiger partial charge in [-0.15, -0.1) is 0 Å². The predicted molar refractivity (Wildman–Crippen MR) is 80.5 cm³/mol. The summed E-state index contributed by atoms with van der Waals surface area (Å²) in [5.74, 6) is -0.00533. The number of nitrogens with one attached hydrogen (secondary N) is 1. The van der Waals surface area contributed by atoms with Crippen LogP contribution in [0, 0.1) is 6.92 Å². The highest BCUT2D eigenvalue weighted by Gasteiger charge is 2.10. The van der Waals surface area contributed by atoms with Crippen LogP contribution in [-0.2, 0) is 0 Å². The van der Waals surface area contributed by atoms with Crippen molar-refractivity contribution in [3.63, 3.8) is 0 Å². The molecule has 19 heavy (non-hydrogen) atoms. The third-order valence-electron chi connectivity index (χ3n) is 2.81. The Labute approximate surface area is 122 Å². The van der Waals surface area contributed by atoms with Gasteiger partial charge >= 0.3 is 0 Å². The Hall–Kier alpha value is -1.51. The normalized spacial score (nSPS) is 10.3. The highest BCUT2D eigenvalue weighted by molar-refractivity contribution is 6.39. The highest BCUT2D eigenvalue weighted by atomic mass is 35.5. The van der Waals surface area contributed by atoms with Gasteiger partial charge in [-0.2, -0.15) is 0 Å². The number of hydrogen-bond donors (Lipinski definition) is 1. The van der Waals surface area contributed by atoms with Crippen LogP contribution in [0.25, 0.3) is 0 Å². The van der Waals surface area contributed by atoms with Gasteiger partial charge in [-0.25, -0.2) is 0 Å². The summed E-state index contributed by atoms with van der Waals surface area (Å²) in [5, 5.41) is 4.07. The lowest BCUT2D eigenvalue weighted by atomic mass is 10.1. The first-order valence-electron chi connectivity index (χ1n) is 5.86. The Bertz CT molecular complexity index is 597. The third kappa shape index (κ3) is 3.28. The minimum Gasteiger partial charge on any atom is -0.375 e. The summed E-state index contributed by atoms with van der Waals surface area (Å²) in [6.07, 6.45) is 0. The van der Waals surface area contributed by atoms with Crippen LogP contribution in [-0.4, -0.2) is 12.3 Å². The van der Waals surface area contributed by atoms with Gasteiger partial charge in [-0.05, 0) is 18.6 Å². The summed E-state index contributed by atoms with van der Waals surface area (Å²) in [6.45, 7) is 2.05. The molecular weight excluding hydrogens is 281 g/mol. The number of Topliss-reactive ketones (excluding diaryl/α,β-unsaturated/α-hetero) is 1.